The van der Waals surface area contributed by atoms with Crippen LogP contribution in [0.3, 0.4) is 0 Å². The van der Waals surface area contributed by atoms with Crippen molar-refractivity contribution in [1.82, 2.24) is 0 Å². The van der Waals surface area contributed by atoms with E-state index in [1.165, 1.54) is 16.7 Å². The number of rotatable bonds is 4. The molecule has 1 aromatic rings. The van der Waals surface area contributed by atoms with Gasteiger partial charge in [0.15, 0.2) is 0 Å². The lowest BCUT2D eigenvalue weighted by Gasteiger charge is -2.27. The Bertz CT molecular complexity index is 523. The molecule has 0 heterocycles. The van der Waals surface area contributed by atoms with Crippen LogP contribution in [0, 0.1) is 18.8 Å². The summed E-state index contributed by atoms with van der Waals surface area (Å²) in [5.41, 5.74) is 3.98. The van der Waals surface area contributed by atoms with E-state index in [1.54, 1.807) is 0 Å². The predicted molar refractivity (Wildman–Crippen MR) is 92.1 cm³/mol. The normalized spacial score (nSPS) is 12.5. The molecule has 0 amide bonds. The Kier molecular flexibility index (Phi) is 6.34. The van der Waals surface area contributed by atoms with E-state index in [2.05, 4.69) is 72.4 Å². The zero-order chi connectivity index (χ0) is 16.0. The van der Waals surface area contributed by atoms with Crippen LogP contribution in [0.4, 0.5) is 0 Å². The van der Waals surface area contributed by atoms with Crippen LogP contribution in [-0.2, 0) is 5.41 Å². The SMILES string of the molecule is CCC#CCC(C)c1cc(C)cc(C(C)(C)C)c1OCC. The van der Waals surface area contributed by atoms with Crippen LogP contribution in [0.1, 0.15) is 77.0 Å². The Morgan fingerprint density at radius 3 is 2.33 bits per heavy atom. The molecule has 0 fully saturated rings. The van der Waals surface area contributed by atoms with Crippen LogP contribution in [0.25, 0.3) is 0 Å². The fourth-order valence-electron chi connectivity index (χ4n) is 2.49. The second kappa shape index (κ2) is 7.55. The third-order valence-corrected chi connectivity index (χ3v) is 3.60. The first-order valence-corrected chi connectivity index (χ1v) is 8.04. The molecule has 1 aromatic carbocycles. The Morgan fingerprint density at radius 2 is 1.81 bits per heavy atom. The standard InChI is InChI=1S/C20H30O/c1-8-10-11-12-16(4)17-13-15(3)14-18(20(5,6)7)19(17)21-9-2/h13-14,16H,8-9,12H2,1-7H3. The molecule has 0 spiro atoms. The van der Waals surface area contributed by atoms with Crippen LogP contribution in [0.2, 0.25) is 0 Å². The van der Waals surface area contributed by atoms with Gasteiger partial charge < -0.3 is 4.74 Å². The lowest BCUT2D eigenvalue weighted by Crippen LogP contribution is -2.16. The van der Waals surface area contributed by atoms with Crippen molar-refractivity contribution >= 4 is 0 Å². The molecule has 0 saturated carbocycles. The van der Waals surface area contributed by atoms with Gasteiger partial charge in [-0.25, -0.2) is 0 Å². The molecule has 0 radical (unpaired) electrons. The second-order valence-electron chi connectivity index (χ2n) is 6.73. The van der Waals surface area contributed by atoms with E-state index in [0.717, 1.165) is 18.6 Å². The molecule has 1 atom stereocenters. The van der Waals surface area contributed by atoms with Gasteiger partial charge in [-0.3, -0.25) is 0 Å². The maximum atomic E-state index is 6.03. The van der Waals surface area contributed by atoms with E-state index >= 15 is 0 Å². The maximum absolute atomic E-state index is 6.03. The molecular formula is C20H30O. The molecule has 1 rings (SSSR count). The van der Waals surface area contributed by atoms with E-state index < -0.39 is 0 Å². The molecule has 116 valence electrons. The molecule has 0 aliphatic carbocycles. The Labute approximate surface area is 131 Å². The van der Waals surface area contributed by atoms with Crippen LogP contribution in [0.15, 0.2) is 12.1 Å². The molecule has 0 aromatic heterocycles. The van der Waals surface area contributed by atoms with E-state index in [-0.39, 0.29) is 5.41 Å². The van der Waals surface area contributed by atoms with Gasteiger partial charge in [-0.1, -0.05) is 52.3 Å². The van der Waals surface area contributed by atoms with Gasteiger partial charge in [0, 0.05) is 18.4 Å². The van der Waals surface area contributed by atoms with E-state index in [1.807, 2.05) is 0 Å². The minimum Gasteiger partial charge on any atom is -0.493 e. The van der Waals surface area contributed by atoms with Crippen molar-refractivity contribution in [3.05, 3.63) is 28.8 Å². The second-order valence-corrected chi connectivity index (χ2v) is 6.73. The van der Waals surface area contributed by atoms with E-state index in [4.69, 9.17) is 4.74 Å². The molecule has 0 aliphatic rings. The van der Waals surface area contributed by atoms with Gasteiger partial charge in [-0.05, 0) is 30.7 Å². The van der Waals surface area contributed by atoms with Crippen LogP contribution in [0.5, 0.6) is 5.75 Å². The zero-order valence-corrected chi connectivity index (χ0v) is 14.8. The van der Waals surface area contributed by atoms with E-state index in [9.17, 15) is 0 Å². The summed E-state index contributed by atoms with van der Waals surface area (Å²) in [5, 5.41) is 0. The van der Waals surface area contributed by atoms with E-state index in [0.29, 0.717) is 12.5 Å². The van der Waals surface area contributed by atoms with Crippen LogP contribution >= 0.6 is 0 Å². The fraction of sp³-hybridized carbons (Fsp3) is 0.600. The third-order valence-electron chi connectivity index (χ3n) is 3.60. The third kappa shape index (κ3) is 4.81. The van der Waals surface area contributed by atoms with Gasteiger partial charge in [0.25, 0.3) is 0 Å². The zero-order valence-electron chi connectivity index (χ0n) is 14.8. The first-order valence-electron chi connectivity index (χ1n) is 8.04. The largest absolute Gasteiger partial charge is 0.493 e. The molecule has 1 nitrogen and oxygen atoms in total. The minimum absolute atomic E-state index is 0.0834. The van der Waals surface area contributed by atoms with Gasteiger partial charge >= 0.3 is 0 Å². The molecule has 0 aliphatic heterocycles. The molecule has 21 heavy (non-hydrogen) atoms. The lowest BCUT2D eigenvalue weighted by atomic mass is 9.82. The molecule has 1 heteroatoms. The fourth-order valence-corrected chi connectivity index (χ4v) is 2.49. The molecule has 0 N–H and O–H groups in total. The number of hydrogen-bond acceptors (Lipinski definition) is 1. The average molecular weight is 286 g/mol. The summed E-state index contributed by atoms with van der Waals surface area (Å²) in [6.07, 6.45) is 1.81. The summed E-state index contributed by atoms with van der Waals surface area (Å²) in [6, 6.07) is 4.53. The number of benzene rings is 1. The van der Waals surface area contributed by atoms with Crippen molar-refractivity contribution < 1.29 is 4.74 Å². The molecular weight excluding hydrogens is 256 g/mol. The average Bonchev–Trinajstić information content (AvgIpc) is 2.39. The summed E-state index contributed by atoms with van der Waals surface area (Å²) < 4.78 is 6.03. The Hall–Kier alpha value is -1.42. The quantitative estimate of drug-likeness (QED) is 0.655. The maximum Gasteiger partial charge on any atom is 0.126 e. The monoisotopic (exact) mass is 286 g/mol. The smallest absolute Gasteiger partial charge is 0.126 e. The molecule has 0 saturated heterocycles. The van der Waals surface area contributed by atoms with Gasteiger partial charge in [0.2, 0.25) is 0 Å². The molecule has 1 unspecified atom stereocenters. The van der Waals surface area contributed by atoms with Gasteiger partial charge in [0.1, 0.15) is 5.75 Å². The van der Waals surface area contributed by atoms with Crippen LogP contribution < -0.4 is 4.74 Å². The highest BCUT2D eigenvalue weighted by atomic mass is 16.5. The van der Waals surface area contributed by atoms with Crippen molar-refractivity contribution in [2.75, 3.05) is 6.61 Å². The van der Waals surface area contributed by atoms with Crippen molar-refractivity contribution in [2.45, 2.75) is 72.6 Å². The van der Waals surface area contributed by atoms with Crippen molar-refractivity contribution in [3.8, 4) is 17.6 Å². The highest BCUT2D eigenvalue weighted by Crippen LogP contribution is 2.39. The molecule has 0 bridgehead atoms. The van der Waals surface area contributed by atoms with Gasteiger partial charge in [-0.15, -0.1) is 11.8 Å². The van der Waals surface area contributed by atoms with Gasteiger partial charge in [-0.2, -0.15) is 0 Å². The summed E-state index contributed by atoms with van der Waals surface area (Å²) in [4.78, 5) is 0. The first-order chi connectivity index (χ1) is 9.81. The number of hydrogen-bond donors (Lipinski definition) is 0. The summed E-state index contributed by atoms with van der Waals surface area (Å²) in [5.74, 6) is 7.91. The predicted octanol–water partition coefficient (Wildman–Crippen LogP) is 5.60. The minimum atomic E-state index is 0.0834. The van der Waals surface area contributed by atoms with Crippen molar-refractivity contribution in [3.63, 3.8) is 0 Å². The lowest BCUT2D eigenvalue weighted by molar-refractivity contribution is 0.324. The summed E-state index contributed by atoms with van der Waals surface area (Å²) in [7, 11) is 0. The topological polar surface area (TPSA) is 9.23 Å². The number of aryl methyl sites for hydroxylation is 1. The number of ether oxygens (including phenoxy) is 1. The van der Waals surface area contributed by atoms with Crippen molar-refractivity contribution in [1.29, 1.82) is 0 Å². The summed E-state index contributed by atoms with van der Waals surface area (Å²) in [6.45, 7) is 16.0. The van der Waals surface area contributed by atoms with Crippen LogP contribution in [-0.4, -0.2) is 6.61 Å². The first kappa shape index (κ1) is 17.6. The Balaban J connectivity index is 3.32. The van der Waals surface area contributed by atoms with Gasteiger partial charge in [0.05, 0.1) is 6.61 Å². The van der Waals surface area contributed by atoms with Crippen molar-refractivity contribution in [2.24, 2.45) is 0 Å². The highest BCUT2D eigenvalue weighted by molar-refractivity contribution is 5.49. The Morgan fingerprint density at radius 1 is 1.14 bits per heavy atom. The summed E-state index contributed by atoms with van der Waals surface area (Å²) >= 11 is 0. The highest BCUT2D eigenvalue weighted by Gasteiger charge is 2.23.